The topological polar surface area (TPSA) is 81.7 Å². The van der Waals surface area contributed by atoms with Crippen LogP contribution in [0.25, 0.3) is 0 Å². The minimum atomic E-state index is -3.00. The zero-order valence-electron chi connectivity index (χ0n) is 12.6. The molecule has 1 aliphatic rings. The van der Waals surface area contributed by atoms with Gasteiger partial charge in [0.05, 0.1) is 18.1 Å². The maximum Gasteiger partial charge on any atom is 0.258 e. The van der Waals surface area contributed by atoms with Crippen LogP contribution in [0.15, 0.2) is 24.3 Å². The summed E-state index contributed by atoms with van der Waals surface area (Å²) in [5.41, 5.74) is 0. The number of nitrogens with one attached hydrogen (secondary N) is 1. The van der Waals surface area contributed by atoms with E-state index < -0.39 is 9.84 Å². The van der Waals surface area contributed by atoms with Crippen LogP contribution < -0.4 is 14.8 Å². The molecule has 1 saturated heterocycles. The van der Waals surface area contributed by atoms with E-state index in [0.717, 1.165) is 6.42 Å². The van der Waals surface area contributed by atoms with E-state index in [2.05, 4.69) is 5.32 Å². The highest BCUT2D eigenvalue weighted by molar-refractivity contribution is 7.91. The number of benzene rings is 1. The Kier molecular flexibility index (Phi) is 5.65. The van der Waals surface area contributed by atoms with E-state index in [0.29, 0.717) is 24.5 Å². The van der Waals surface area contributed by atoms with Crippen LogP contribution in [0.2, 0.25) is 0 Å². The molecule has 7 heteroatoms. The number of rotatable bonds is 7. The molecule has 0 bridgehead atoms. The van der Waals surface area contributed by atoms with E-state index in [1.54, 1.807) is 18.2 Å². The van der Waals surface area contributed by atoms with Crippen molar-refractivity contribution >= 4 is 15.7 Å². The minimum Gasteiger partial charge on any atom is -0.490 e. The molecule has 1 N–H and O–H groups in total. The van der Waals surface area contributed by atoms with E-state index >= 15 is 0 Å². The molecular formula is C15H21NO5S. The number of amides is 1. The normalized spacial score (nSPS) is 19.6. The van der Waals surface area contributed by atoms with Gasteiger partial charge in [-0.3, -0.25) is 4.79 Å². The van der Waals surface area contributed by atoms with Crippen molar-refractivity contribution in [3.8, 4) is 11.5 Å². The van der Waals surface area contributed by atoms with Crippen molar-refractivity contribution in [2.45, 2.75) is 25.8 Å². The van der Waals surface area contributed by atoms with Crippen molar-refractivity contribution in [1.82, 2.24) is 5.32 Å². The Morgan fingerprint density at radius 2 is 1.95 bits per heavy atom. The van der Waals surface area contributed by atoms with Crippen LogP contribution in [0.1, 0.15) is 19.8 Å². The summed E-state index contributed by atoms with van der Waals surface area (Å²) in [7, 11) is -3.00. The molecule has 1 atom stereocenters. The van der Waals surface area contributed by atoms with Crippen molar-refractivity contribution in [3.05, 3.63) is 24.3 Å². The first kappa shape index (κ1) is 16.6. The molecule has 1 aliphatic heterocycles. The summed E-state index contributed by atoms with van der Waals surface area (Å²) in [6, 6.07) is 6.84. The standard InChI is InChI=1S/C15H21NO5S/c1-2-8-20-13-5-3-4-6-14(13)21-10-15(17)16-12-7-9-22(18,19)11-12/h3-6,12H,2,7-11H2,1H3,(H,16,17)/t12-/m1/s1. The number of para-hydroxylation sites is 2. The first-order valence-electron chi connectivity index (χ1n) is 7.34. The second-order valence-corrected chi connectivity index (χ2v) is 7.48. The molecule has 1 fully saturated rings. The molecule has 0 saturated carbocycles. The van der Waals surface area contributed by atoms with Crippen LogP contribution in [0.3, 0.4) is 0 Å². The van der Waals surface area contributed by atoms with Crippen LogP contribution >= 0.6 is 0 Å². The third-order valence-corrected chi connectivity index (χ3v) is 5.04. The molecule has 1 heterocycles. The van der Waals surface area contributed by atoms with Crippen LogP contribution in [0, 0.1) is 0 Å². The zero-order chi connectivity index (χ0) is 16.0. The fraction of sp³-hybridized carbons (Fsp3) is 0.533. The second kappa shape index (κ2) is 7.49. The van der Waals surface area contributed by atoms with Gasteiger partial charge < -0.3 is 14.8 Å². The lowest BCUT2D eigenvalue weighted by Gasteiger charge is -2.14. The van der Waals surface area contributed by atoms with Gasteiger partial charge in [-0.05, 0) is 25.0 Å². The molecule has 1 aromatic rings. The summed E-state index contributed by atoms with van der Waals surface area (Å²) in [6.45, 7) is 2.42. The van der Waals surface area contributed by atoms with Crippen molar-refractivity contribution in [2.24, 2.45) is 0 Å². The fourth-order valence-corrected chi connectivity index (χ4v) is 3.90. The zero-order valence-corrected chi connectivity index (χ0v) is 13.4. The Balaban J connectivity index is 1.84. The molecule has 22 heavy (non-hydrogen) atoms. The lowest BCUT2D eigenvalue weighted by molar-refractivity contribution is -0.123. The predicted molar refractivity (Wildman–Crippen MR) is 82.9 cm³/mol. The van der Waals surface area contributed by atoms with Crippen LogP contribution in [0.4, 0.5) is 0 Å². The van der Waals surface area contributed by atoms with Crippen LogP contribution in [-0.4, -0.2) is 45.1 Å². The third-order valence-electron chi connectivity index (χ3n) is 3.27. The number of hydrogen-bond donors (Lipinski definition) is 1. The van der Waals surface area contributed by atoms with Gasteiger partial charge in [-0.25, -0.2) is 8.42 Å². The highest BCUT2D eigenvalue weighted by Crippen LogP contribution is 2.26. The number of ether oxygens (including phenoxy) is 2. The fourth-order valence-electron chi connectivity index (χ4n) is 2.22. The van der Waals surface area contributed by atoms with Gasteiger partial charge in [-0.15, -0.1) is 0 Å². The first-order chi connectivity index (χ1) is 10.5. The number of sulfone groups is 1. The summed E-state index contributed by atoms with van der Waals surface area (Å²) < 4.78 is 33.7. The van der Waals surface area contributed by atoms with E-state index in [4.69, 9.17) is 9.47 Å². The highest BCUT2D eigenvalue weighted by atomic mass is 32.2. The van der Waals surface area contributed by atoms with E-state index in [1.807, 2.05) is 13.0 Å². The molecule has 0 spiro atoms. The van der Waals surface area contributed by atoms with Gasteiger partial charge in [0.1, 0.15) is 0 Å². The molecule has 122 valence electrons. The van der Waals surface area contributed by atoms with Crippen molar-refractivity contribution < 1.29 is 22.7 Å². The summed E-state index contributed by atoms with van der Waals surface area (Å²) in [6.07, 6.45) is 1.34. The Labute approximate surface area is 130 Å². The Morgan fingerprint density at radius 3 is 2.55 bits per heavy atom. The second-order valence-electron chi connectivity index (χ2n) is 5.25. The van der Waals surface area contributed by atoms with Gasteiger partial charge >= 0.3 is 0 Å². The number of hydrogen-bond acceptors (Lipinski definition) is 5. The van der Waals surface area contributed by atoms with Gasteiger partial charge in [0.2, 0.25) is 0 Å². The SMILES string of the molecule is CCCOc1ccccc1OCC(=O)N[C@@H]1CCS(=O)(=O)C1. The molecule has 0 aromatic heterocycles. The van der Waals surface area contributed by atoms with E-state index in [1.165, 1.54) is 0 Å². The smallest absolute Gasteiger partial charge is 0.258 e. The molecule has 0 aliphatic carbocycles. The van der Waals surface area contributed by atoms with Crippen molar-refractivity contribution in [1.29, 1.82) is 0 Å². The average molecular weight is 327 g/mol. The maximum atomic E-state index is 11.8. The molecule has 1 amide bonds. The van der Waals surface area contributed by atoms with E-state index in [9.17, 15) is 13.2 Å². The van der Waals surface area contributed by atoms with Gasteiger partial charge in [0.25, 0.3) is 5.91 Å². The largest absolute Gasteiger partial charge is 0.490 e. The molecular weight excluding hydrogens is 306 g/mol. The highest BCUT2D eigenvalue weighted by Gasteiger charge is 2.28. The Hall–Kier alpha value is -1.76. The average Bonchev–Trinajstić information content (AvgIpc) is 2.82. The molecule has 6 nitrogen and oxygen atoms in total. The van der Waals surface area contributed by atoms with E-state index in [-0.39, 0.29) is 30.1 Å². The number of carbonyl (C=O) groups excluding carboxylic acids is 1. The number of carbonyl (C=O) groups is 1. The quantitative estimate of drug-likeness (QED) is 0.812. The van der Waals surface area contributed by atoms with Gasteiger partial charge in [0, 0.05) is 6.04 Å². The first-order valence-corrected chi connectivity index (χ1v) is 9.16. The van der Waals surface area contributed by atoms with Crippen LogP contribution in [-0.2, 0) is 14.6 Å². The molecule has 2 rings (SSSR count). The Bertz CT molecular complexity index is 614. The minimum absolute atomic E-state index is 0.00887. The third kappa shape index (κ3) is 4.91. The van der Waals surface area contributed by atoms with Gasteiger partial charge in [-0.1, -0.05) is 19.1 Å². The predicted octanol–water partition coefficient (Wildman–Crippen LogP) is 1.16. The lowest BCUT2D eigenvalue weighted by Crippen LogP contribution is -2.38. The molecule has 0 unspecified atom stereocenters. The summed E-state index contributed by atoms with van der Waals surface area (Å²) >= 11 is 0. The maximum absolute atomic E-state index is 11.8. The van der Waals surface area contributed by atoms with Crippen molar-refractivity contribution in [3.63, 3.8) is 0 Å². The summed E-state index contributed by atoms with van der Waals surface area (Å²) in [5, 5.41) is 2.68. The molecule has 0 radical (unpaired) electrons. The van der Waals surface area contributed by atoms with Crippen LogP contribution in [0.5, 0.6) is 11.5 Å². The summed E-state index contributed by atoms with van der Waals surface area (Å²) in [5.74, 6) is 0.916. The van der Waals surface area contributed by atoms with Gasteiger partial charge in [0.15, 0.2) is 27.9 Å². The Morgan fingerprint density at radius 1 is 1.27 bits per heavy atom. The molecule has 1 aromatic carbocycles. The van der Waals surface area contributed by atoms with Gasteiger partial charge in [-0.2, -0.15) is 0 Å². The lowest BCUT2D eigenvalue weighted by atomic mass is 10.2. The monoisotopic (exact) mass is 327 g/mol. The van der Waals surface area contributed by atoms with Crippen molar-refractivity contribution in [2.75, 3.05) is 24.7 Å². The summed E-state index contributed by atoms with van der Waals surface area (Å²) in [4.78, 5) is 11.8.